The molecule has 32 heavy (non-hydrogen) atoms. The van der Waals surface area contributed by atoms with Gasteiger partial charge in [0, 0.05) is 20.0 Å². The van der Waals surface area contributed by atoms with Gasteiger partial charge in [0.15, 0.2) is 6.61 Å². The molecule has 0 aliphatic carbocycles. The second-order valence-electron chi connectivity index (χ2n) is 7.19. The van der Waals surface area contributed by atoms with Crippen LogP contribution in [-0.2, 0) is 22.6 Å². The number of rotatable bonds is 9. The van der Waals surface area contributed by atoms with Crippen LogP contribution in [0, 0.1) is 0 Å². The van der Waals surface area contributed by atoms with E-state index in [-0.39, 0.29) is 25.0 Å². The van der Waals surface area contributed by atoms with Crippen LogP contribution < -0.4 is 10.1 Å². The monoisotopic (exact) mass is 470 g/mol. The fourth-order valence-corrected chi connectivity index (χ4v) is 3.62. The van der Waals surface area contributed by atoms with E-state index in [0.29, 0.717) is 22.2 Å². The molecule has 0 aromatic heterocycles. The first-order valence-corrected chi connectivity index (χ1v) is 10.9. The predicted molar refractivity (Wildman–Crippen MR) is 127 cm³/mol. The predicted octanol–water partition coefficient (Wildman–Crippen LogP) is 4.76. The number of benzene rings is 3. The van der Waals surface area contributed by atoms with Gasteiger partial charge in [-0.3, -0.25) is 9.59 Å². The third-order valence-corrected chi connectivity index (χ3v) is 5.70. The Labute approximate surface area is 197 Å². The maximum Gasteiger partial charge on any atom is 0.261 e. The topological polar surface area (TPSA) is 58.6 Å². The van der Waals surface area contributed by atoms with E-state index in [0.717, 1.165) is 11.1 Å². The lowest BCUT2D eigenvalue weighted by atomic mass is 10.0. The number of carbonyl (C=O) groups excluding carboxylic acids is 2. The molecule has 0 heterocycles. The standard InChI is InChI=1S/C25H24Cl2N2O3/c1-28-25(31)23(15-18-8-4-2-5-9-18)29(16-19-12-13-21(26)22(27)14-19)24(30)17-32-20-10-6-3-7-11-20/h2-14,23H,15-17H2,1H3,(H,28,31)/t23-/m1/s1. The van der Waals surface area contributed by atoms with Gasteiger partial charge in [-0.05, 0) is 35.4 Å². The van der Waals surface area contributed by atoms with E-state index in [1.54, 1.807) is 37.4 Å². The van der Waals surface area contributed by atoms with E-state index in [2.05, 4.69) is 5.32 Å². The number of likely N-dealkylation sites (N-methyl/N-ethyl adjacent to an activating group) is 1. The van der Waals surface area contributed by atoms with Crippen molar-refractivity contribution < 1.29 is 14.3 Å². The Kier molecular flexibility index (Phi) is 8.54. The largest absolute Gasteiger partial charge is 0.484 e. The molecule has 166 valence electrons. The Morgan fingerprint density at radius 2 is 1.56 bits per heavy atom. The molecule has 5 nitrogen and oxygen atoms in total. The van der Waals surface area contributed by atoms with E-state index >= 15 is 0 Å². The highest BCUT2D eigenvalue weighted by Crippen LogP contribution is 2.24. The molecule has 1 atom stereocenters. The molecule has 0 radical (unpaired) electrons. The first kappa shape index (κ1) is 23.6. The minimum absolute atomic E-state index is 0.179. The van der Waals surface area contributed by atoms with E-state index < -0.39 is 6.04 Å². The SMILES string of the molecule is CNC(=O)[C@@H](Cc1ccccc1)N(Cc1ccc(Cl)c(Cl)c1)C(=O)COc1ccccc1. The van der Waals surface area contributed by atoms with E-state index in [4.69, 9.17) is 27.9 Å². The normalized spacial score (nSPS) is 11.5. The number of amides is 2. The number of nitrogens with zero attached hydrogens (tertiary/aromatic N) is 1. The van der Waals surface area contributed by atoms with Crippen LogP contribution in [0.25, 0.3) is 0 Å². The van der Waals surface area contributed by atoms with Crippen molar-refractivity contribution in [1.82, 2.24) is 10.2 Å². The van der Waals surface area contributed by atoms with E-state index in [1.807, 2.05) is 48.5 Å². The maximum atomic E-state index is 13.3. The number of hydrogen-bond donors (Lipinski definition) is 1. The Hall–Kier alpha value is -3.02. The van der Waals surface area contributed by atoms with Crippen molar-refractivity contribution in [2.24, 2.45) is 0 Å². The maximum absolute atomic E-state index is 13.3. The molecule has 3 aromatic carbocycles. The highest BCUT2D eigenvalue weighted by molar-refractivity contribution is 6.42. The summed E-state index contributed by atoms with van der Waals surface area (Å²) in [7, 11) is 1.56. The average molecular weight is 471 g/mol. The van der Waals surface area contributed by atoms with Crippen LogP contribution in [0.1, 0.15) is 11.1 Å². The number of ether oxygens (including phenoxy) is 1. The average Bonchev–Trinajstić information content (AvgIpc) is 2.82. The lowest BCUT2D eigenvalue weighted by molar-refractivity contribution is -0.142. The quantitative estimate of drug-likeness (QED) is 0.490. The first-order valence-electron chi connectivity index (χ1n) is 10.1. The fraction of sp³-hybridized carbons (Fsp3) is 0.200. The fourth-order valence-electron chi connectivity index (χ4n) is 3.30. The highest BCUT2D eigenvalue weighted by atomic mass is 35.5. The zero-order valence-electron chi connectivity index (χ0n) is 17.6. The van der Waals surface area contributed by atoms with Crippen molar-refractivity contribution in [2.75, 3.05) is 13.7 Å². The number of halogens is 2. The summed E-state index contributed by atoms with van der Waals surface area (Å²) in [4.78, 5) is 27.7. The molecule has 0 saturated heterocycles. The van der Waals surface area contributed by atoms with Crippen molar-refractivity contribution in [3.05, 3.63) is 100 Å². The minimum Gasteiger partial charge on any atom is -0.484 e. The van der Waals surface area contributed by atoms with Crippen molar-refractivity contribution in [3.8, 4) is 5.75 Å². The van der Waals surface area contributed by atoms with Crippen molar-refractivity contribution >= 4 is 35.0 Å². The molecule has 3 aromatic rings. The van der Waals surface area contributed by atoms with Crippen LogP contribution >= 0.6 is 23.2 Å². The van der Waals surface area contributed by atoms with Gasteiger partial charge in [-0.1, -0.05) is 77.8 Å². The lowest BCUT2D eigenvalue weighted by Crippen LogP contribution is -2.51. The summed E-state index contributed by atoms with van der Waals surface area (Å²) in [6.45, 7) is -0.0214. The molecule has 7 heteroatoms. The van der Waals surface area contributed by atoms with Crippen LogP contribution in [-0.4, -0.2) is 36.4 Å². The van der Waals surface area contributed by atoms with Gasteiger partial charge in [0.25, 0.3) is 5.91 Å². The summed E-state index contributed by atoms with van der Waals surface area (Å²) < 4.78 is 5.67. The zero-order valence-corrected chi connectivity index (χ0v) is 19.1. The van der Waals surface area contributed by atoms with Gasteiger partial charge in [0.05, 0.1) is 10.0 Å². The van der Waals surface area contributed by atoms with Crippen molar-refractivity contribution in [3.63, 3.8) is 0 Å². The smallest absolute Gasteiger partial charge is 0.261 e. The van der Waals surface area contributed by atoms with Crippen molar-refractivity contribution in [1.29, 1.82) is 0 Å². The third-order valence-electron chi connectivity index (χ3n) is 4.96. The Morgan fingerprint density at radius 1 is 0.906 bits per heavy atom. The van der Waals surface area contributed by atoms with Crippen LogP contribution in [0.2, 0.25) is 10.0 Å². The Bertz CT molecular complexity index is 1050. The molecule has 0 fully saturated rings. The number of hydrogen-bond acceptors (Lipinski definition) is 3. The molecular weight excluding hydrogens is 447 g/mol. The van der Waals surface area contributed by atoms with Gasteiger partial charge < -0.3 is 15.0 Å². The van der Waals surface area contributed by atoms with Gasteiger partial charge in [-0.15, -0.1) is 0 Å². The molecule has 3 rings (SSSR count). The molecule has 0 bridgehead atoms. The second kappa shape index (κ2) is 11.6. The molecule has 0 aliphatic heterocycles. The lowest BCUT2D eigenvalue weighted by Gasteiger charge is -2.31. The third kappa shape index (κ3) is 6.49. The summed E-state index contributed by atoms with van der Waals surface area (Å²) >= 11 is 12.2. The summed E-state index contributed by atoms with van der Waals surface area (Å²) in [5.41, 5.74) is 1.70. The van der Waals surface area contributed by atoms with Gasteiger partial charge >= 0.3 is 0 Å². The number of para-hydroxylation sites is 1. The molecule has 0 spiro atoms. The zero-order chi connectivity index (χ0) is 22.9. The second-order valence-corrected chi connectivity index (χ2v) is 8.01. The summed E-state index contributed by atoms with van der Waals surface area (Å²) in [6, 6.07) is 23.1. The van der Waals surface area contributed by atoms with Crippen LogP contribution in [0.5, 0.6) is 5.75 Å². The summed E-state index contributed by atoms with van der Waals surface area (Å²) in [5, 5.41) is 3.49. The molecule has 0 unspecified atom stereocenters. The minimum atomic E-state index is -0.733. The van der Waals surface area contributed by atoms with Gasteiger partial charge in [0.2, 0.25) is 5.91 Å². The van der Waals surface area contributed by atoms with Crippen LogP contribution in [0.15, 0.2) is 78.9 Å². The molecular formula is C25H24Cl2N2O3. The number of carbonyl (C=O) groups is 2. The molecule has 0 aliphatic rings. The molecule has 2 amide bonds. The summed E-state index contributed by atoms with van der Waals surface area (Å²) in [5.74, 6) is 0.00122. The van der Waals surface area contributed by atoms with Gasteiger partial charge in [-0.25, -0.2) is 0 Å². The highest BCUT2D eigenvalue weighted by Gasteiger charge is 2.30. The Morgan fingerprint density at radius 3 is 2.19 bits per heavy atom. The van der Waals surface area contributed by atoms with E-state index in [9.17, 15) is 9.59 Å². The molecule has 1 N–H and O–H groups in total. The van der Waals surface area contributed by atoms with E-state index in [1.165, 1.54) is 4.90 Å². The van der Waals surface area contributed by atoms with Crippen LogP contribution in [0.4, 0.5) is 0 Å². The van der Waals surface area contributed by atoms with Gasteiger partial charge in [0.1, 0.15) is 11.8 Å². The van der Waals surface area contributed by atoms with Crippen LogP contribution in [0.3, 0.4) is 0 Å². The summed E-state index contributed by atoms with van der Waals surface area (Å²) in [6.07, 6.45) is 0.360. The molecule has 0 saturated carbocycles. The van der Waals surface area contributed by atoms with Crippen molar-refractivity contribution in [2.45, 2.75) is 19.0 Å². The Balaban J connectivity index is 1.89. The van der Waals surface area contributed by atoms with Gasteiger partial charge in [-0.2, -0.15) is 0 Å². The number of nitrogens with one attached hydrogen (secondary N) is 1. The first-order chi connectivity index (χ1) is 15.5.